The lowest BCUT2D eigenvalue weighted by molar-refractivity contribution is -0.137. The van der Waals surface area contributed by atoms with E-state index in [4.69, 9.17) is 5.11 Å². The summed E-state index contributed by atoms with van der Waals surface area (Å²) in [5.41, 5.74) is 0. The van der Waals surface area contributed by atoms with Crippen molar-refractivity contribution in [1.82, 2.24) is 14.7 Å². The van der Waals surface area contributed by atoms with Crippen molar-refractivity contribution >= 4 is 12.0 Å². The van der Waals surface area contributed by atoms with Gasteiger partial charge in [0.1, 0.15) is 6.54 Å². The maximum atomic E-state index is 11.9. The molecule has 1 aliphatic heterocycles. The quantitative estimate of drug-likeness (QED) is 0.709. The topological polar surface area (TPSA) is 64.1 Å². The minimum atomic E-state index is -0.988. The van der Waals surface area contributed by atoms with Crippen molar-refractivity contribution in [3.63, 3.8) is 0 Å². The fourth-order valence-electron chi connectivity index (χ4n) is 1.73. The van der Waals surface area contributed by atoms with Crippen molar-refractivity contribution in [2.45, 2.75) is 13.0 Å². The van der Waals surface area contributed by atoms with Crippen molar-refractivity contribution in [3.8, 4) is 0 Å². The number of hydrogen-bond acceptors (Lipinski definition) is 3. The molecule has 0 spiro atoms. The van der Waals surface area contributed by atoms with E-state index < -0.39 is 5.97 Å². The zero-order valence-corrected chi connectivity index (χ0v) is 10.0. The number of nitrogens with zero attached hydrogens (tertiary/aromatic N) is 3. The van der Waals surface area contributed by atoms with Crippen LogP contribution in [0.25, 0.3) is 0 Å². The Kier molecular flexibility index (Phi) is 4.12. The Bertz CT molecular complexity index is 282. The molecule has 0 aromatic heterocycles. The zero-order valence-electron chi connectivity index (χ0n) is 10.0. The summed E-state index contributed by atoms with van der Waals surface area (Å²) in [6, 6.07) is 0.110. The standard InChI is InChI=1S/C10H19N3O3/c1-8-6-13(5-4-11(8)2)10(16)12(3)7-9(14)15/h8H,4-7H2,1-3H3,(H,14,15). The number of urea groups is 1. The predicted molar refractivity (Wildman–Crippen MR) is 59.3 cm³/mol. The molecule has 0 saturated carbocycles. The maximum Gasteiger partial charge on any atom is 0.323 e. The van der Waals surface area contributed by atoms with Crippen molar-refractivity contribution < 1.29 is 14.7 Å². The number of aliphatic carboxylic acids is 1. The second-order valence-corrected chi connectivity index (χ2v) is 4.31. The fraction of sp³-hybridized carbons (Fsp3) is 0.800. The number of carbonyl (C=O) groups excluding carboxylic acids is 1. The van der Waals surface area contributed by atoms with E-state index in [1.807, 2.05) is 7.05 Å². The summed E-state index contributed by atoms with van der Waals surface area (Å²) < 4.78 is 0. The van der Waals surface area contributed by atoms with Gasteiger partial charge in [0.25, 0.3) is 0 Å². The van der Waals surface area contributed by atoms with Crippen LogP contribution in [-0.2, 0) is 4.79 Å². The number of carbonyl (C=O) groups is 2. The van der Waals surface area contributed by atoms with Crippen LogP contribution in [0.5, 0.6) is 0 Å². The molecule has 1 unspecified atom stereocenters. The SMILES string of the molecule is CC1CN(C(=O)N(C)CC(=O)O)CCN1C. The highest BCUT2D eigenvalue weighted by atomic mass is 16.4. The minimum Gasteiger partial charge on any atom is -0.480 e. The van der Waals surface area contributed by atoms with Gasteiger partial charge in [0.2, 0.25) is 0 Å². The number of hydrogen-bond donors (Lipinski definition) is 1. The molecule has 6 nitrogen and oxygen atoms in total. The molecule has 0 aromatic carbocycles. The van der Waals surface area contributed by atoms with E-state index in [0.29, 0.717) is 19.1 Å². The van der Waals surface area contributed by atoms with Gasteiger partial charge in [0.05, 0.1) is 0 Å². The van der Waals surface area contributed by atoms with Crippen molar-refractivity contribution in [2.75, 3.05) is 40.3 Å². The largest absolute Gasteiger partial charge is 0.480 e. The summed E-state index contributed by atoms with van der Waals surface area (Å²) in [6.45, 7) is 3.94. The Labute approximate surface area is 95.4 Å². The summed E-state index contributed by atoms with van der Waals surface area (Å²) in [6.07, 6.45) is 0. The summed E-state index contributed by atoms with van der Waals surface area (Å²) >= 11 is 0. The summed E-state index contributed by atoms with van der Waals surface area (Å²) in [4.78, 5) is 27.5. The monoisotopic (exact) mass is 229 g/mol. The van der Waals surface area contributed by atoms with Gasteiger partial charge in [0.15, 0.2) is 0 Å². The lowest BCUT2D eigenvalue weighted by Gasteiger charge is -2.38. The average molecular weight is 229 g/mol. The van der Waals surface area contributed by atoms with Crippen LogP contribution in [0.1, 0.15) is 6.92 Å². The molecule has 6 heteroatoms. The first kappa shape index (κ1) is 12.8. The Morgan fingerprint density at radius 2 is 2.06 bits per heavy atom. The number of amides is 2. The number of piperazine rings is 1. The van der Waals surface area contributed by atoms with Gasteiger partial charge in [-0.05, 0) is 14.0 Å². The predicted octanol–water partition coefficient (Wildman–Crippen LogP) is -0.241. The van der Waals surface area contributed by atoms with Crippen LogP contribution in [0.4, 0.5) is 4.79 Å². The first-order chi connectivity index (χ1) is 7.41. The van der Waals surface area contributed by atoms with E-state index in [1.54, 1.807) is 4.90 Å². The van der Waals surface area contributed by atoms with Gasteiger partial charge < -0.3 is 19.8 Å². The molecule has 92 valence electrons. The molecular formula is C10H19N3O3. The third-order valence-corrected chi connectivity index (χ3v) is 2.93. The number of carboxylic acids is 1. The minimum absolute atomic E-state index is 0.206. The normalized spacial score (nSPS) is 21.9. The van der Waals surface area contributed by atoms with E-state index in [-0.39, 0.29) is 12.6 Å². The van der Waals surface area contributed by atoms with Crippen LogP contribution in [0.3, 0.4) is 0 Å². The number of carboxylic acid groups (broad SMARTS) is 1. The Morgan fingerprint density at radius 3 is 2.56 bits per heavy atom. The second-order valence-electron chi connectivity index (χ2n) is 4.31. The molecule has 1 aliphatic rings. The van der Waals surface area contributed by atoms with Gasteiger partial charge in [-0.15, -0.1) is 0 Å². The van der Waals surface area contributed by atoms with Crippen LogP contribution >= 0.6 is 0 Å². The zero-order chi connectivity index (χ0) is 12.3. The third kappa shape index (κ3) is 3.10. The molecule has 0 aromatic rings. The average Bonchev–Trinajstić information content (AvgIpc) is 2.20. The van der Waals surface area contributed by atoms with Crippen LogP contribution in [-0.4, -0.2) is 78.1 Å². The van der Waals surface area contributed by atoms with E-state index in [0.717, 1.165) is 6.54 Å². The van der Waals surface area contributed by atoms with E-state index in [9.17, 15) is 9.59 Å². The molecule has 0 radical (unpaired) electrons. The lowest BCUT2D eigenvalue weighted by Crippen LogP contribution is -2.55. The van der Waals surface area contributed by atoms with Crippen molar-refractivity contribution in [3.05, 3.63) is 0 Å². The van der Waals surface area contributed by atoms with Gasteiger partial charge in [-0.2, -0.15) is 0 Å². The highest BCUT2D eigenvalue weighted by Gasteiger charge is 2.26. The highest BCUT2D eigenvalue weighted by Crippen LogP contribution is 2.08. The Morgan fingerprint density at radius 1 is 1.44 bits per heavy atom. The molecule has 1 atom stereocenters. The first-order valence-electron chi connectivity index (χ1n) is 5.34. The Hall–Kier alpha value is -1.30. The van der Waals surface area contributed by atoms with E-state index in [1.165, 1.54) is 11.9 Å². The highest BCUT2D eigenvalue weighted by molar-refractivity contribution is 5.80. The molecule has 1 saturated heterocycles. The molecule has 1 heterocycles. The fourth-order valence-corrected chi connectivity index (χ4v) is 1.73. The molecule has 1 rings (SSSR count). The van der Waals surface area contributed by atoms with E-state index >= 15 is 0 Å². The van der Waals surface area contributed by atoms with Crippen LogP contribution in [0, 0.1) is 0 Å². The molecule has 1 fully saturated rings. The van der Waals surface area contributed by atoms with E-state index in [2.05, 4.69) is 11.8 Å². The van der Waals surface area contributed by atoms with Crippen LogP contribution < -0.4 is 0 Å². The molecule has 2 amide bonds. The molecule has 1 N–H and O–H groups in total. The first-order valence-corrected chi connectivity index (χ1v) is 5.34. The molecule has 0 bridgehead atoms. The Balaban J connectivity index is 2.51. The van der Waals surface area contributed by atoms with Gasteiger partial charge in [-0.3, -0.25) is 4.79 Å². The van der Waals surface area contributed by atoms with Gasteiger partial charge in [-0.1, -0.05) is 0 Å². The van der Waals surface area contributed by atoms with Crippen molar-refractivity contribution in [1.29, 1.82) is 0 Å². The summed E-state index contributed by atoms with van der Waals surface area (Å²) in [5, 5.41) is 8.60. The van der Waals surface area contributed by atoms with Gasteiger partial charge in [-0.25, -0.2) is 4.79 Å². The smallest absolute Gasteiger partial charge is 0.323 e. The number of rotatable bonds is 2. The summed E-state index contributed by atoms with van der Waals surface area (Å²) in [7, 11) is 3.53. The van der Waals surface area contributed by atoms with Crippen LogP contribution in [0.15, 0.2) is 0 Å². The molecule has 0 aliphatic carbocycles. The van der Waals surface area contributed by atoms with Gasteiger partial charge in [0, 0.05) is 32.7 Å². The number of likely N-dealkylation sites (N-methyl/N-ethyl adjacent to an activating group) is 2. The third-order valence-electron chi connectivity index (χ3n) is 2.93. The lowest BCUT2D eigenvalue weighted by atomic mass is 10.2. The maximum absolute atomic E-state index is 11.9. The van der Waals surface area contributed by atoms with Crippen LogP contribution in [0.2, 0.25) is 0 Å². The molecular weight excluding hydrogens is 210 g/mol. The second kappa shape index (κ2) is 5.16. The summed E-state index contributed by atoms with van der Waals surface area (Å²) in [5.74, 6) is -0.988. The molecule has 16 heavy (non-hydrogen) atoms. The van der Waals surface area contributed by atoms with Crippen molar-refractivity contribution in [2.24, 2.45) is 0 Å². The van der Waals surface area contributed by atoms with Gasteiger partial charge >= 0.3 is 12.0 Å².